The van der Waals surface area contributed by atoms with Gasteiger partial charge in [0.1, 0.15) is 0 Å². The van der Waals surface area contributed by atoms with E-state index in [1.807, 2.05) is 36.7 Å². The van der Waals surface area contributed by atoms with Gasteiger partial charge in [0.15, 0.2) is 0 Å². The number of halogens is 1. The predicted molar refractivity (Wildman–Crippen MR) is 110 cm³/mol. The van der Waals surface area contributed by atoms with Crippen LogP contribution in [0.4, 0.5) is 5.69 Å². The third kappa shape index (κ3) is 5.21. The highest BCUT2D eigenvalue weighted by Crippen LogP contribution is 2.18. The van der Waals surface area contributed by atoms with Gasteiger partial charge in [0.2, 0.25) is 0 Å². The van der Waals surface area contributed by atoms with Crippen molar-refractivity contribution in [3.63, 3.8) is 0 Å². The maximum absolute atomic E-state index is 12.4. The molecule has 0 bridgehead atoms. The highest BCUT2D eigenvalue weighted by atomic mass is 35.5. The van der Waals surface area contributed by atoms with Crippen molar-refractivity contribution in [3.8, 4) is 0 Å². The molecule has 0 saturated heterocycles. The monoisotopic (exact) mass is 401 g/mol. The minimum absolute atomic E-state index is 0.496. The minimum atomic E-state index is -3.65. The van der Waals surface area contributed by atoms with Crippen molar-refractivity contribution < 1.29 is 8.42 Å². The molecule has 1 aromatic heterocycles. The Morgan fingerprint density at radius 1 is 1.11 bits per heavy atom. The highest BCUT2D eigenvalue weighted by Gasteiger charge is 2.08. The van der Waals surface area contributed by atoms with E-state index in [1.54, 1.807) is 36.4 Å². The molecule has 0 saturated carbocycles. The standard InChI is InChI=1S/C20H20ClN3O2S/c1-15-12-16(2)24(22-15)14-17-6-5-8-19(13-17)23-27(25,26)11-10-18-7-3-4-9-20(18)21/h3-13,23H,14H2,1-2H3/b11-10+. The summed E-state index contributed by atoms with van der Waals surface area (Å²) < 4.78 is 29.2. The van der Waals surface area contributed by atoms with Crippen LogP contribution >= 0.6 is 11.6 Å². The van der Waals surface area contributed by atoms with Crippen LogP contribution in [0.25, 0.3) is 6.08 Å². The Labute approximate surface area is 164 Å². The van der Waals surface area contributed by atoms with Crippen molar-refractivity contribution in [1.29, 1.82) is 0 Å². The van der Waals surface area contributed by atoms with Crippen LogP contribution in [0.1, 0.15) is 22.5 Å². The molecule has 0 aliphatic rings. The van der Waals surface area contributed by atoms with Crippen LogP contribution in [0.2, 0.25) is 5.02 Å². The lowest BCUT2D eigenvalue weighted by Gasteiger charge is -2.08. The van der Waals surface area contributed by atoms with Gasteiger partial charge in [0, 0.05) is 16.4 Å². The van der Waals surface area contributed by atoms with E-state index < -0.39 is 10.0 Å². The summed E-state index contributed by atoms with van der Waals surface area (Å²) in [7, 11) is -3.65. The first-order valence-corrected chi connectivity index (χ1v) is 10.3. The molecule has 0 aliphatic carbocycles. The number of hydrogen-bond acceptors (Lipinski definition) is 3. The fourth-order valence-corrected chi connectivity index (χ4v) is 3.76. The topological polar surface area (TPSA) is 64.0 Å². The second kappa shape index (κ2) is 7.98. The van der Waals surface area contributed by atoms with Crippen molar-refractivity contribution in [3.05, 3.63) is 87.5 Å². The molecule has 0 fully saturated rings. The fraction of sp³-hybridized carbons (Fsp3) is 0.150. The molecule has 3 aromatic rings. The zero-order valence-corrected chi connectivity index (χ0v) is 16.6. The molecule has 1 heterocycles. The minimum Gasteiger partial charge on any atom is -0.280 e. The Bertz CT molecular complexity index is 1090. The molecule has 5 nitrogen and oxygen atoms in total. The van der Waals surface area contributed by atoms with Gasteiger partial charge in [-0.3, -0.25) is 9.40 Å². The van der Waals surface area contributed by atoms with Crippen LogP contribution in [-0.2, 0) is 16.6 Å². The van der Waals surface area contributed by atoms with Gasteiger partial charge in [0.25, 0.3) is 10.0 Å². The lowest BCUT2D eigenvalue weighted by atomic mass is 10.2. The van der Waals surface area contributed by atoms with Crippen molar-refractivity contribution in [2.75, 3.05) is 4.72 Å². The molecular weight excluding hydrogens is 382 g/mol. The summed E-state index contributed by atoms with van der Waals surface area (Å²) in [6.45, 7) is 4.51. The Kier molecular flexibility index (Phi) is 5.68. The quantitative estimate of drug-likeness (QED) is 0.655. The van der Waals surface area contributed by atoms with Crippen LogP contribution in [0.5, 0.6) is 0 Å². The molecule has 0 spiro atoms. The molecule has 0 amide bonds. The summed E-state index contributed by atoms with van der Waals surface area (Å²) in [5.74, 6) is 0. The van der Waals surface area contributed by atoms with Gasteiger partial charge < -0.3 is 0 Å². The van der Waals surface area contributed by atoms with Crippen LogP contribution in [0.15, 0.2) is 60.0 Å². The first-order valence-electron chi connectivity index (χ1n) is 8.38. The summed E-state index contributed by atoms with van der Waals surface area (Å²) in [5.41, 5.74) is 4.10. The van der Waals surface area contributed by atoms with Crippen LogP contribution < -0.4 is 4.72 Å². The van der Waals surface area contributed by atoms with Gasteiger partial charge in [-0.25, -0.2) is 8.42 Å². The van der Waals surface area contributed by atoms with Gasteiger partial charge in [0.05, 0.1) is 17.6 Å². The number of sulfonamides is 1. The molecule has 7 heteroatoms. The first-order chi connectivity index (χ1) is 12.8. The lowest BCUT2D eigenvalue weighted by Crippen LogP contribution is -2.10. The van der Waals surface area contributed by atoms with E-state index in [2.05, 4.69) is 9.82 Å². The second-order valence-corrected chi connectivity index (χ2v) is 8.23. The van der Waals surface area contributed by atoms with Crippen LogP contribution in [0, 0.1) is 13.8 Å². The third-order valence-corrected chi connectivity index (χ3v) is 5.31. The molecule has 0 unspecified atom stereocenters. The number of nitrogens with zero attached hydrogens (tertiary/aromatic N) is 2. The van der Waals surface area contributed by atoms with E-state index in [1.165, 1.54) is 6.08 Å². The molecule has 0 atom stereocenters. The summed E-state index contributed by atoms with van der Waals surface area (Å²) in [5, 5.41) is 6.04. The normalized spacial score (nSPS) is 11.8. The molecule has 140 valence electrons. The van der Waals surface area contributed by atoms with E-state index in [9.17, 15) is 8.42 Å². The van der Waals surface area contributed by atoms with Gasteiger partial charge in [-0.05, 0) is 55.3 Å². The zero-order chi connectivity index (χ0) is 19.4. The van der Waals surface area contributed by atoms with Crippen LogP contribution in [0.3, 0.4) is 0 Å². The lowest BCUT2D eigenvalue weighted by molar-refractivity contribution is 0.609. The summed E-state index contributed by atoms with van der Waals surface area (Å²) in [6.07, 6.45) is 1.48. The molecular formula is C20H20ClN3O2S. The molecule has 0 radical (unpaired) electrons. The summed E-state index contributed by atoms with van der Waals surface area (Å²) in [6, 6.07) is 16.3. The number of hydrogen-bond donors (Lipinski definition) is 1. The number of nitrogens with one attached hydrogen (secondary N) is 1. The second-order valence-electron chi connectivity index (χ2n) is 6.26. The number of benzene rings is 2. The summed E-state index contributed by atoms with van der Waals surface area (Å²) in [4.78, 5) is 0. The van der Waals surface area contributed by atoms with Crippen molar-refractivity contribution in [2.24, 2.45) is 0 Å². The van der Waals surface area contributed by atoms with E-state index in [0.29, 0.717) is 22.8 Å². The Balaban J connectivity index is 1.75. The molecule has 1 N–H and O–H groups in total. The van der Waals surface area contributed by atoms with E-state index >= 15 is 0 Å². The Morgan fingerprint density at radius 3 is 2.59 bits per heavy atom. The van der Waals surface area contributed by atoms with Gasteiger partial charge >= 0.3 is 0 Å². The fourth-order valence-electron chi connectivity index (χ4n) is 2.71. The van der Waals surface area contributed by atoms with E-state index in [-0.39, 0.29) is 0 Å². The number of rotatable bonds is 6. The predicted octanol–water partition coefficient (Wildman–Crippen LogP) is 4.61. The average molecular weight is 402 g/mol. The molecule has 27 heavy (non-hydrogen) atoms. The van der Waals surface area contributed by atoms with Crippen molar-refractivity contribution in [1.82, 2.24) is 9.78 Å². The Hall–Kier alpha value is -2.57. The average Bonchev–Trinajstić information content (AvgIpc) is 2.91. The first kappa shape index (κ1) is 19.2. The number of aryl methyl sites for hydroxylation is 2. The zero-order valence-electron chi connectivity index (χ0n) is 15.1. The van der Waals surface area contributed by atoms with Gasteiger partial charge in [-0.2, -0.15) is 5.10 Å². The van der Waals surface area contributed by atoms with Crippen molar-refractivity contribution in [2.45, 2.75) is 20.4 Å². The van der Waals surface area contributed by atoms with E-state index in [4.69, 9.17) is 11.6 Å². The number of aromatic nitrogens is 2. The SMILES string of the molecule is Cc1cc(C)n(Cc2cccc(NS(=O)(=O)/C=C/c3ccccc3Cl)c2)n1. The Morgan fingerprint density at radius 2 is 1.89 bits per heavy atom. The number of anilines is 1. The van der Waals surface area contributed by atoms with Gasteiger partial charge in [-0.1, -0.05) is 41.9 Å². The maximum Gasteiger partial charge on any atom is 0.255 e. The highest BCUT2D eigenvalue weighted by molar-refractivity contribution is 7.95. The smallest absolute Gasteiger partial charge is 0.255 e. The van der Waals surface area contributed by atoms with Crippen LogP contribution in [-0.4, -0.2) is 18.2 Å². The molecule has 0 aliphatic heterocycles. The largest absolute Gasteiger partial charge is 0.280 e. The molecule has 3 rings (SSSR count). The molecule has 2 aromatic carbocycles. The maximum atomic E-state index is 12.4. The summed E-state index contributed by atoms with van der Waals surface area (Å²) >= 11 is 6.05. The van der Waals surface area contributed by atoms with Crippen molar-refractivity contribution >= 4 is 33.4 Å². The third-order valence-electron chi connectivity index (χ3n) is 3.95. The van der Waals surface area contributed by atoms with E-state index in [0.717, 1.165) is 22.4 Å². The van der Waals surface area contributed by atoms with Gasteiger partial charge in [-0.15, -0.1) is 0 Å².